The zero-order chi connectivity index (χ0) is 17.1. The van der Waals surface area contributed by atoms with E-state index in [0.29, 0.717) is 34.5 Å². The van der Waals surface area contributed by atoms with Gasteiger partial charge in [-0.2, -0.15) is 0 Å². The Morgan fingerprint density at radius 1 is 1.38 bits per heavy atom. The molecule has 0 aliphatic rings. The van der Waals surface area contributed by atoms with Gasteiger partial charge in [0, 0.05) is 6.42 Å². The van der Waals surface area contributed by atoms with Gasteiger partial charge < -0.3 is 9.73 Å². The summed E-state index contributed by atoms with van der Waals surface area (Å²) in [7, 11) is 0. The molecule has 0 unspecified atom stereocenters. The smallest absolute Gasteiger partial charge is 0.274 e. The van der Waals surface area contributed by atoms with Crippen molar-refractivity contribution in [3.63, 3.8) is 0 Å². The van der Waals surface area contributed by atoms with E-state index in [2.05, 4.69) is 20.6 Å². The number of para-hydroxylation sites is 1. The van der Waals surface area contributed by atoms with Crippen molar-refractivity contribution < 1.29 is 9.21 Å². The number of aryl methyl sites for hydroxylation is 1. The van der Waals surface area contributed by atoms with E-state index in [4.69, 9.17) is 16.0 Å². The first-order chi connectivity index (χ1) is 11.6. The molecule has 0 aliphatic heterocycles. The van der Waals surface area contributed by atoms with E-state index in [9.17, 15) is 4.79 Å². The average molecular weight is 346 g/mol. The molecule has 7 nitrogen and oxygen atoms in total. The van der Waals surface area contributed by atoms with Crippen molar-refractivity contribution in [2.45, 2.75) is 26.8 Å². The molecule has 0 saturated carbocycles. The Balaban J connectivity index is 1.75. The van der Waals surface area contributed by atoms with Gasteiger partial charge in [0.15, 0.2) is 11.6 Å². The number of rotatable bonds is 5. The lowest BCUT2D eigenvalue weighted by Crippen LogP contribution is -2.24. The summed E-state index contributed by atoms with van der Waals surface area (Å²) in [6, 6.07) is 7.24. The van der Waals surface area contributed by atoms with Gasteiger partial charge in [0.1, 0.15) is 5.76 Å². The van der Waals surface area contributed by atoms with Gasteiger partial charge in [0.2, 0.25) is 0 Å². The molecule has 1 N–H and O–H groups in total. The first-order valence-corrected chi connectivity index (χ1v) is 7.87. The van der Waals surface area contributed by atoms with Gasteiger partial charge in [-0.3, -0.25) is 4.79 Å². The Kier molecular flexibility index (Phi) is 4.61. The van der Waals surface area contributed by atoms with Gasteiger partial charge in [-0.25, -0.2) is 9.67 Å². The normalized spacial score (nSPS) is 10.8. The van der Waals surface area contributed by atoms with Crippen LogP contribution in [-0.4, -0.2) is 25.9 Å². The average Bonchev–Trinajstić information content (AvgIpc) is 3.20. The van der Waals surface area contributed by atoms with Crippen LogP contribution in [0.5, 0.6) is 0 Å². The predicted octanol–water partition coefficient (Wildman–Crippen LogP) is 2.71. The van der Waals surface area contributed by atoms with Crippen LogP contribution in [0.15, 0.2) is 34.9 Å². The van der Waals surface area contributed by atoms with Crippen LogP contribution in [0.3, 0.4) is 0 Å². The van der Waals surface area contributed by atoms with Crippen LogP contribution < -0.4 is 5.32 Å². The standard InChI is InChI=1S/C16H16ClN5O2/c1-3-14-18-8-11(24-14)9-19-16(23)15-10(2)22(21-20-15)13-7-5-4-6-12(13)17/h4-8H,3,9H2,1-2H3,(H,19,23). The van der Waals surface area contributed by atoms with Gasteiger partial charge in [0.05, 0.1) is 29.1 Å². The molecular formula is C16H16ClN5O2. The molecule has 3 rings (SSSR count). The lowest BCUT2D eigenvalue weighted by Gasteiger charge is -2.05. The van der Waals surface area contributed by atoms with E-state index in [1.54, 1.807) is 23.9 Å². The molecule has 0 aliphatic carbocycles. The van der Waals surface area contributed by atoms with Crippen molar-refractivity contribution in [3.05, 3.63) is 58.5 Å². The number of halogens is 1. The van der Waals surface area contributed by atoms with Crippen LogP contribution in [0.2, 0.25) is 5.02 Å². The van der Waals surface area contributed by atoms with Gasteiger partial charge in [-0.05, 0) is 19.1 Å². The molecule has 0 fully saturated rings. The van der Waals surface area contributed by atoms with Crippen LogP contribution >= 0.6 is 11.6 Å². The topological polar surface area (TPSA) is 85.8 Å². The van der Waals surface area contributed by atoms with Gasteiger partial charge in [-0.1, -0.05) is 35.9 Å². The van der Waals surface area contributed by atoms with Gasteiger partial charge in [0.25, 0.3) is 5.91 Å². The molecule has 3 aromatic rings. The molecule has 1 aromatic carbocycles. The van der Waals surface area contributed by atoms with E-state index in [0.717, 1.165) is 0 Å². The maximum Gasteiger partial charge on any atom is 0.274 e. The molecule has 0 radical (unpaired) electrons. The molecule has 0 bridgehead atoms. The van der Waals surface area contributed by atoms with Crippen LogP contribution in [0.25, 0.3) is 5.69 Å². The highest BCUT2D eigenvalue weighted by molar-refractivity contribution is 6.32. The van der Waals surface area contributed by atoms with Crippen molar-refractivity contribution in [1.29, 1.82) is 0 Å². The molecule has 8 heteroatoms. The Labute approximate surface area is 143 Å². The number of hydrogen-bond donors (Lipinski definition) is 1. The summed E-state index contributed by atoms with van der Waals surface area (Å²) in [5, 5.41) is 11.3. The van der Waals surface area contributed by atoms with Crippen molar-refractivity contribution in [2.75, 3.05) is 0 Å². The molecule has 24 heavy (non-hydrogen) atoms. The molecular weight excluding hydrogens is 330 g/mol. The summed E-state index contributed by atoms with van der Waals surface area (Å²) in [4.78, 5) is 16.4. The van der Waals surface area contributed by atoms with E-state index in [1.807, 2.05) is 25.1 Å². The summed E-state index contributed by atoms with van der Waals surface area (Å²) in [6.07, 6.45) is 2.31. The third-order valence-corrected chi connectivity index (χ3v) is 3.84. The van der Waals surface area contributed by atoms with E-state index < -0.39 is 0 Å². The fraction of sp³-hybridized carbons (Fsp3) is 0.250. The highest BCUT2D eigenvalue weighted by Gasteiger charge is 2.18. The fourth-order valence-electron chi connectivity index (χ4n) is 2.24. The minimum absolute atomic E-state index is 0.240. The number of amides is 1. The lowest BCUT2D eigenvalue weighted by molar-refractivity contribution is 0.0942. The molecule has 0 spiro atoms. The molecule has 0 atom stereocenters. The molecule has 1 amide bonds. The maximum atomic E-state index is 12.3. The van der Waals surface area contributed by atoms with E-state index >= 15 is 0 Å². The first-order valence-electron chi connectivity index (χ1n) is 7.49. The van der Waals surface area contributed by atoms with Gasteiger partial charge >= 0.3 is 0 Å². The molecule has 2 aromatic heterocycles. The third-order valence-electron chi connectivity index (χ3n) is 3.52. The number of oxazole rings is 1. The van der Waals surface area contributed by atoms with E-state index in [-0.39, 0.29) is 18.1 Å². The predicted molar refractivity (Wildman–Crippen MR) is 88.2 cm³/mol. The molecule has 2 heterocycles. The number of nitrogens with one attached hydrogen (secondary N) is 1. The number of benzene rings is 1. The highest BCUT2D eigenvalue weighted by atomic mass is 35.5. The quantitative estimate of drug-likeness (QED) is 0.768. The van der Waals surface area contributed by atoms with Gasteiger partial charge in [-0.15, -0.1) is 5.10 Å². The zero-order valence-electron chi connectivity index (χ0n) is 13.3. The largest absolute Gasteiger partial charge is 0.444 e. The van der Waals surface area contributed by atoms with Crippen LogP contribution in [0, 0.1) is 6.92 Å². The number of aromatic nitrogens is 4. The molecule has 124 valence electrons. The Morgan fingerprint density at radius 3 is 2.88 bits per heavy atom. The minimum atomic E-state index is -0.333. The zero-order valence-corrected chi connectivity index (χ0v) is 14.0. The second-order valence-electron chi connectivity index (χ2n) is 5.14. The first kappa shape index (κ1) is 16.2. The van der Waals surface area contributed by atoms with Crippen LogP contribution in [-0.2, 0) is 13.0 Å². The Bertz CT molecular complexity index is 871. The summed E-state index contributed by atoms with van der Waals surface area (Å²) in [6.45, 7) is 3.96. The lowest BCUT2D eigenvalue weighted by atomic mass is 10.3. The number of nitrogens with zero attached hydrogens (tertiary/aromatic N) is 4. The maximum absolute atomic E-state index is 12.3. The summed E-state index contributed by atoms with van der Waals surface area (Å²) < 4.78 is 7.00. The summed E-state index contributed by atoms with van der Waals surface area (Å²) in [5.74, 6) is 0.900. The monoisotopic (exact) mass is 345 g/mol. The van der Waals surface area contributed by atoms with Crippen LogP contribution in [0.4, 0.5) is 0 Å². The SMILES string of the molecule is CCc1ncc(CNC(=O)c2nnn(-c3ccccc3Cl)c2C)o1. The Hall–Kier alpha value is -2.67. The Morgan fingerprint density at radius 2 is 2.17 bits per heavy atom. The van der Waals surface area contributed by atoms with Crippen molar-refractivity contribution in [2.24, 2.45) is 0 Å². The minimum Gasteiger partial charge on any atom is -0.444 e. The summed E-state index contributed by atoms with van der Waals surface area (Å²) in [5.41, 5.74) is 1.52. The summed E-state index contributed by atoms with van der Waals surface area (Å²) >= 11 is 6.17. The van der Waals surface area contributed by atoms with Crippen LogP contribution in [0.1, 0.15) is 34.8 Å². The number of carbonyl (C=O) groups is 1. The molecule has 0 saturated heterocycles. The van der Waals surface area contributed by atoms with Crippen molar-refractivity contribution in [3.8, 4) is 5.69 Å². The number of hydrogen-bond acceptors (Lipinski definition) is 5. The third kappa shape index (κ3) is 3.16. The number of carbonyl (C=O) groups excluding carboxylic acids is 1. The second-order valence-corrected chi connectivity index (χ2v) is 5.55. The fourth-order valence-corrected chi connectivity index (χ4v) is 2.45. The van der Waals surface area contributed by atoms with Crippen molar-refractivity contribution in [1.82, 2.24) is 25.3 Å². The second kappa shape index (κ2) is 6.84. The van der Waals surface area contributed by atoms with Crippen molar-refractivity contribution >= 4 is 17.5 Å². The highest BCUT2D eigenvalue weighted by Crippen LogP contribution is 2.21. The van der Waals surface area contributed by atoms with E-state index in [1.165, 1.54) is 0 Å².